The van der Waals surface area contributed by atoms with Gasteiger partial charge in [-0.05, 0) is 18.2 Å². The number of carbonyl (C=O) groups excluding carboxylic acids is 1. The van der Waals surface area contributed by atoms with E-state index in [2.05, 4.69) is 10.3 Å². The van der Waals surface area contributed by atoms with E-state index in [0.717, 1.165) is 0 Å². The summed E-state index contributed by atoms with van der Waals surface area (Å²) in [4.78, 5) is 26.8. The largest absolute Gasteiger partial charge is 0.478 e. The highest BCUT2D eigenvalue weighted by Crippen LogP contribution is 2.19. The molecule has 0 atom stereocenters. The SMILES string of the molecule is O=C(Nc1cnccc1C(=O)O)c1ccccc1Cl. The molecule has 0 bridgehead atoms. The summed E-state index contributed by atoms with van der Waals surface area (Å²) in [6, 6.07) is 7.81. The molecule has 96 valence electrons. The van der Waals surface area contributed by atoms with Gasteiger partial charge in [-0.15, -0.1) is 0 Å². The molecule has 1 amide bonds. The minimum atomic E-state index is -1.14. The second-order valence-electron chi connectivity index (χ2n) is 3.66. The summed E-state index contributed by atoms with van der Waals surface area (Å²) in [5.74, 6) is -1.63. The van der Waals surface area contributed by atoms with Crippen molar-refractivity contribution >= 4 is 29.2 Å². The maximum absolute atomic E-state index is 12.0. The fourth-order valence-corrected chi connectivity index (χ4v) is 1.74. The van der Waals surface area contributed by atoms with Crippen molar-refractivity contribution in [2.24, 2.45) is 0 Å². The second kappa shape index (κ2) is 5.49. The van der Waals surface area contributed by atoms with Crippen LogP contribution in [0.1, 0.15) is 20.7 Å². The minimum Gasteiger partial charge on any atom is -0.478 e. The molecule has 1 aromatic carbocycles. The molecule has 0 saturated heterocycles. The van der Waals surface area contributed by atoms with Gasteiger partial charge in [0.25, 0.3) is 5.91 Å². The van der Waals surface area contributed by atoms with E-state index in [1.165, 1.54) is 18.5 Å². The number of carboxylic acids is 1. The van der Waals surface area contributed by atoms with Crippen LogP contribution >= 0.6 is 11.6 Å². The Hall–Kier alpha value is -2.40. The number of rotatable bonds is 3. The maximum atomic E-state index is 12.0. The average molecular weight is 277 g/mol. The number of pyridine rings is 1. The molecule has 5 nitrogen and oxygen atoms in total. The number of hydrogen-bond donors (Lipinski definition) is 2. The third-order valence-electron chi connectivity index (χ3n) is 2.42. The van der Waals surface area contributed by atoms with Gasteiger partial charge in [0.15, 0.2) is 0 Å². The van der Waals surface area contributed by atoms with Crippen molar-refractivity contribution < 1.29 is 14.7 Å². The first kappa shape index (κ1) is 13.0. The first-order valence-electron chi connectivity index (χ1n) is 5.33. The van der Waals surface area contributed by atoms with Gasteiger partial charge in [0.05, 0.1) is 28.0 Å². The van der Waals surface area contributed by atoms with Crippen LogP contribution in [-0.4, -0.2) is 22.0 Å². The lowest BCUT2D eigenvalue weighted by Gasteiger charge is -2.08. The molecule has 0 aliphatic carbocycles. The minimum absolute atomic E-state index is 0.0320. The Labute approximate surface area is 113 Å². The highest BCUT2D eigenvalue weighted by molar-refractivity contribution is 6.34. The van der Waals surface area contributed by atoms with Crippen LogP contribution in [0.5, 0.6) is 0 Å². The molecule has 2 N–H and O–H groups in total. The van der Waals surface area contributed by atoms with Gasteiger partial charge in [0.1, 0.15) is 0 Å². The van der Waals surface area contributed by atoms with Gasteiger partial charge in [-0.25, -0.2) is 4.79 Å². The van der Waals surface area contributed by atoms with E-state index in [9.17, 15) is 9.59 Å². The number of halogens is 1. The molecular weight excluding hydrogens is 268 g/mol. The molecule has 1 heterocycles. The molecule has 2 aromatic rings. The fourth-order valence-electron chi connectivity index (χ4n) is 1.52. The van der Waals surface area contributed by atoms with Crippen LogP contribution in [0.4, 0.5) is 5.69 Å². The van der Waals surface area contributed by atoms with E-state index < -0.39 is 11.9 Å². The van der Waals surface area contributed by atoms with Gasteiger partial charge < -0.3 is 10.4 Å². The number of amides is 1. The van der Waals surface area contributed by atoms with Crippen LogP contribution in [0, 0.1) is 0 Å². The number of carboxylic acid groups (broad SMARTS) is 1. The summed E-state index contributed by atoms with van der Waals surface area (Å²) >= 11 is 5.89. The highest BCUT2D eigenvalue weighted by Gasteiger charge is 2.14. The summed E-state index contributed by atoms with van der Waals surface area (Å²) in [5.41, 5.74) is 0.361. The van der Waals surface area contributed by atoms with E-state index >= 15 is 0 Å². The number of nitrogens with one attached hydrogen (secondary N) is 1. The molecule has 0 fully saturated rings. The standard InChI is InChI=1S/C13H9ClN2O3/c14-10-4-2-1-3-8(10)12(17)16-11-7-15-6-5-9(11)13(18)19/h1-7H,(H,16,17)(H,18,19). The van der Waals surface area contributed by atoms with Crippen molar-refractivity contribution in [3.05, 3.63) is 58.9 Å². The van der Waals surface area contributed by atoms with Gasteiger partial charge >= 0.3 is 5.97 Å². The van der Waals surface area contributed by atoms with Crippen LogP contribution in [0.15, 0.2) is 42.7 Å². The van der Waals surface area contributed by atoms with Gasteiger partial charge in [-0.2, -0.15) is 0 Å². The topological polar surface area (TPSA) is 79.3 Å². The monoisotopic (exact) mass is 276 g/mol. The molecule has 0 spiro atoms. The number of anilines is 1. The van der Waals surface area contributed by atoms with Crippen LogP contribution in [-0.2, 0) is 0 Å². The van der Waals surface area contributed by atoms with Crippen molar-refractivity contribution in [2.75, 3.05) is 5.32 Å². The van der Waals surface area contributed by atoms with E-state index in [1.807, 2.05) is 0 Å². The fraction of sp³-hybridized carbons (Fsp3) is 0. The van der Waals surface area contributed by atoms with E-state index in [0.29, 0.717) is 5.02 Å². The number of hydrogen-bond acceptors (Lipinski definition) is 3. The number of aromatic carboxylic acids is 1. The van der Waals surface area contributed by atoms with Gasteiger partial charge in [-0.1, -0.05) is 23.7 Å². The summed E-state index contributed by atoms with van der Waals surface area (Å²) < 4.78 is 0. The molecule has 19 heavy (non-hydrogen) atoms. The van der Waals surface area contributed by atoms with Gasteiger partial charge in [-0.3, -0.25) is 9.78 Å². The molecular formula is C13H9ClN2O3. The van der Waals surface area contributed by atoms with Crippen LogP contribution in [0.3, 0.4) is 0 Å². The van der Waals surface area contributed by atoms with E-state index in [4.69, 9.17) is 16.7 Å². The van der Waals surface area contributed by atoms with Crippen molar-refractivity contribution in [3.8, 4) is 0 Å². The lowest BCUT2D eigenvalue weighted by molar-refractivity contribution is 0.0698. The number of aromatic nitrogens is 1. The number of nitrogens with zero attached hydrogens (tertiary/aromatic N) is 1. The zero-order valence-electron chi connectivity index (χ0n) is 9.63. The molecule has 2 rings (SSSR count). The first-order valence-corrected chi connectivity index (χ1v) is 5.70. The quantitative estimate of drug-likeness (QED) is 0.903. The molecule has 6 heteroatoms. The molecule has 0 aliphatic rings. The maximum Gasteiger partial charge on any atom is 0.337 e. The summed E-state index contributed by atoms with van der Waals surface area (Å²) in [7, 11) is 0. The molecule has 0 saturated carbocycles. The smallest absolute Gasteiger partial charge is 0.337 e. The average Bonchev–Trinajstić information content (AvgIpc) is 2.39. The highest BCUT2D eigenvalue weighted by atomic mass is 35.5. The third-order valence-corrected chi connectivity index (χ3v) is 2.75. The molecule has 1 aromatic heterocycles. The molecule has 0 unspecified atom stereocenters. The van der Waals surface area contributed by atoms with E-state index in [-0.39, 0.29) is 16.8 Å². The second-order valence-corrected chi connectivity index (χ2v) is 4.07. The Balaban J connectivity index is 2.30. The zero-order chi connectivity index (χ0) is 13.8. The lowest BCUT2D eigenvalue weighted by atomic mass is 10.2. The predicted octanol–water partition coefficient (Wildman–Crippen LogP) is 2.69. The van der Waals surface area contributed by atoms with Crippen LogP contribution in [0.2, 0.25) is 5.02 Å². The predicted molar refractivity (Wildman–Crippen MR) is 70.6 cm³/mol. The van der Waals surface area contributed by atoms with Crippen molar-refractivity contribution in [3.63, 3.8) is 0 Å². The van der Waals surface area contributed by atoms with Crippen LogP contribution < -0.4 is 5.32 Å². The molecule has 0 radical (unpaired) electrons. The van der Waals surface area contributed by atoms with Gasteiger partial charge in [0.2, 0.25) is 0 Å². The first-order chi connectivity index (χ1) is 9.09. The van der Waals surface area contributed by atoms with E-state index in [1.54, 1.807) is 24.3 Å². The zero-order valence-corrected chi connectivity index (χ0v) is 10.4. The Morgan fingerprint density at radius 1 is 1.16 bits per heavy atom. The molecule has 0 aliphatic heterocycles. The van der Waals surface area contributed by atoms with Crippen molar-refractivity contribution in [1.82, 2.24) is 4.98 Å². The third kappa shape index (κ3) is 2.89. The van der Waals surface area contributed by atoms with Crippen molar-refractivity contribution in [1.29, 1.82) is 0 Å². The summed E-state index contributed by atoms with van der Waals surface area (Å²) in [6.07, 6.45) is 2.62. The number of benzene rings is 1. The normalized spacial score (nSPS) is 9.95. The van der Waals surface area contributed by atoms with Crippen LogP contribution in [0.25, 0.3) is 0 Å². The summed E-state index contributed by atoms with van der Waals surface area (Å²) in [5, 5.41) is 11.8. The summed E-state index contributed by atoms with van der Waals surface area (Å²) in [6.45, 7) is 0. The van der Waals surface area contributed by atoms with Crippen molar-refractivity contribution in [2.45, 2.75) is 0 Å². The number of carbonyl (C=O) groups is 2. The van der Waals surface area contributed by atoms with Gasteiger partial charge in [0, 0.05) is 6.20 Å². The lowest BCUT2D eigenvalue weighted by Crippen LogP contribution is -2.15. The Bertz CT molecular complexity index is 643. The Morgan fingerprint density at radius 3 is 2.58 bits per heavy atom. The Kier molecular flexibility index (Phi) is 3.77. The Morgan fingerprint density at radius 2 is 1.89 bits per heavy atom.